The molecule has 0 spiro atoms. The zero-order valence-corrected chi connectivity index (χ0v) is 21.5. The molecule has 5 nitrogen and oxygen atoms in total. The van der Waals surface area contributed by atoms with E-state index in [2.05, 4.69) is 62.6 Å². The predicted molar refractivity (Wildman–Crippen MR) is 140 cm³/mol. The number of anilines is 1. The number of carbonyl (C=O) groups excluding carboxylic acids is 1. The summed E-state index contributed by atoms with van der Waals surface area (Å²) in [5.41, 5.74) is 4.70. The third-order valence-electron chi connectivity index (χ3n) is 6.89. The van der Waals surface area contributed by atoms with Crippen LogP contribution in [0.1, 0.15) is 78.8 Å². The average molecular weight is 479 g/mol. The van der Waals surface area contributed by atoms with Crippen LogP contribution in [0, 0.1) is 13.8 Å². The fourth-order valence-electron chi connectivity index (χ4n) is 4.85. The van der Waals surface area contributed by atoms with Crippen molar-refractivity contribution in [2.75, 3.05) is 5.32 Å². The maximum absolute atomic E-state index is 13.5. The molecule has 1 aliphatic heterocycles. The molecule has 0 saturated carbocycles. The van der Waals surface area contributed by atoms with Crippen molar-refractivity contribution in [2.24, 2.45) is 0 Å². The molecule has 0 aliphatic carbocycles. The molecule has 3 aromatic rings. The first-order valence-corrected chi connectivity index (χ1v) is 12.5. The molecule has 1 amide bonds. The Morgan fingerprint density at radius 1 is 1.21 bits per heavy atom. The van der Waals surface area contributed by atoms with E-state index >= 15 is 0 Å². The van der Waals surface area contributed by atoms with Crippen LogP contribution in [-0.4, -0.2) is 21.7 Å². The number of hydrogen-bond acceptors (Lipinski definition) is 3. The number of rotatable bonds is 7. The topological polar surface area (TPSA) is 59.0 Å². The Kier molecular flexibility index (Phi) is 7.04. The zero-order chi connectivity index (χ0) is 24.5. The number of hydrogen-bond donors (Lipinski definition) is 2. The maximum atomic E-state index is 13.5. The molecule has 34 heavy (non-hydrogen) atoms. The molecule has 2 heterocycles. The van der Waals surface area contributed by atoms with E-state index in [4.69, 9.17) is 16.7 Å². The molecule has 0 bridgehead atoms. The molecule has 1 aliphatic rings. The maximum Gasteiger partial charge on any atom is 0.257 e. The van der Waals surface area contributed by atoms with Crippen LogP contribution in [0.25, 0.3) is 0 Å². The summed E-state index contributed by atoms with van der Waals surface area (Å²) in [7, 11) is 0. The normalized spacial score (nSPS) is 17.5. The van der Waals surface area contributed by atoms with Gasteiger partial charge in [0.1, 0.15) is 11.4 Å². The number of aryl methyl sites for hydroxylation is 3. The van der Waals surface area contributed by atoms with Crippen LogP contribution in [0.15, 0.2) is 48.5 Å². The molecule has 2 N–H and O–H groups in total. The van der Waals surface area contributed by atoms with Crippen molar-refractivity contribution >= 4 is 23.3 Å². The van der Waals surface area contributed by atoms with Crippen LogP contribution >= 0.6 is 11.6 Å². The molecule has 180 valence electrons. The summed E-state index contributed by atoms with van der Waals surface area (Å²) in [6.45, 7) is 10.4. The summed E-state index contributed by atoms with van der Waals surface area (Å²) < 4.78 is 1.97. The van der Waals surface area contributed by atoms with Gasteiger partial charge in [0.25, 0.3) is 5.91 Å². The van der Waals surface area contributed by atoms with E-state index in [0.29, 0.717) is 5.56 Å². The standard InChI is InChI=1S/C28H35ClN4O/c1-6-21(16-15-20-13-11-18(2)12-14-20)30-27(34)25-19(3)32-33-26(25)31-24(17-28(33,4)5)22-9-7-8-10-23(22)29/h7-14,21,24,31H,6,15-17H2,1-5H3,(H,30,34). The van der Waals surface area contributed by atoms with Gasteiger partial charge in [-0.1, -0.05) is 66.6 Å². The number of carbonyl (C=O) groups is 1. The Bertz CT molecular complexity index is 1170. The van der Waals surface area contributed by atoms with Crippen molar-refractivity contribution in [3.05, 3.63) is 81.5 Å². The predicted octanol–water partition coefficient (Wildman–Crippen LogP) is 6.59. The molecular formula is C28H35ClN4O. The lowest BCUT2D eigenvalue weighted by atomic mass is 9.89. The first kappa shape index (κ1) is 24.3. The Balaban J connectivity index is 1.55. The van der Waals surface area contributed by atoms with Crippen molar-refractivity contribution in [2.45, 2.75) is 77.9 Å². The summed E-state index contributed by atoms with van der Waals surface area (Å²) in [5.74, 6) is 0.696. The van der Waals surface area contributed by atoms with Gasteiger partial charge in [0, 0.05) is 11.1 Å². The first-order valence-electron chi connectivity index (χ1n) is 12.2. The number of fused-ring (bicyclic) bond motifs is 1. The lowest BCUT2D eigenvalue weighted by molar-refractivity contribution is 0.0933. The molecule has 4 rings (SSSR count). The highest BCUT2D eigenvalue weighted by molar-refractivity contribution is 6.31. The van der Waals surface area contributed by atoms with Gasteiger partial charge in [-0.3, -0.25) is 4.79 Å². The Morgan fingerprint density at radius 3 is 2.59 bits per heavy atom. The summed E-state index contributed by atoms with van der Waals surface area (Å²) in [4.78, 5) is 13.5. The molecule has 0 radical (unpaired) electrons. The summed E-state index contributed by atoms with van der Waals surface area (Å²) >= 11 is 6.53. The Morgan fingerprint density at radius 2 is 1.91 bits per heavy atom. The van der Waals surface area contributed by atoms with Crippen molar-refractivity contribution in [1.29, 1.82) is 0 Å². The number of nitrogens with zero attached hydrogens (tertiary/aromatic N) is 2. The van der Waals surface area contributed by atoms with Crippen molar-refractivity contribution < 1.29 is 4.79 Å². The van der Waals surface area contributed by atoms with Gasteiger partial charge in [0.15, 0.2) is 0 Å². The van der Waals surface area contributed by atoms with E-state index in [1.165, 1.54) is 11.1 Å². The molecule has 6 heteroatoms. The third-order valence-corrected chi connectivity index (χ3v) is 7.23. The summed E-state index contributed by atoms with van der Waals surface area (Å²) in [6, 6.07) is 16.6. The minimum absolute atomic E-state index is 0.00218. The lowest BCUT2D eigenvalue weighted by Crippen LogP contribution is -2.39. The van der Waals surface area contributed by atoms with E-state index in [1.807, 2.05) is 35.9 Å². The highest BCUT2D eigenvalue weighted by Gasteiger charge is 2.38. The van der Waals surface area contributed by atoms with Gasteiger partial charge >= 0.3 is 0 Å². The van der Waals surface area contributed by atoms with Crippen LogP contribution in [-0.2, 0) is 12.0 Å². The van der Waals surface area contributed by atoms with Gasteiger partial charge in [-0.05, 0) is 70.6 Å². The number of aromatic nitrogens is 2. The zero-order valence-electron chi connectivity index (χ0n) is 20.8. The fraction of sp³-hybridized carbons (Fsp3) is 0.429. The molecule has 2 aromatic carbocycles. The smallest absolute Gasteiger partial charge is 0.257 e. The van der Waals surface area contributed by atoms with Gasteiger partial charge in [-0.2, -0.15) is 5.10 Å². The Hall–Kier alpha value is -2.79. The monoisotopic (exact) mass is 478 g/mol. The van der Waals surface area contributed by atoms with Crippen LogP contribution < -0.4 is 10.6 Å². The fourth-order valence-corrected chi connectivity index (χ4v) is 5.12. The van der Waals surface area contributed by atoms with Crippen LogP contribution in [0.3, 0.4) is 0 Å². The highest BCUT2D eigenvalue weighted by Crippen LogP contribution is 2.42. The van der Waals surface area contributed by atoms with Crippen LogP contribution in [0.5, 0.6) is 0 Å². The molecule has 0 saturated heterocycles. The average Bonchev–Trinajstić information content (AvgIpc) is 3.14. The van der Waals surface area contributed by atoms with Gasteiger partial charge in [-0.15, -0.1) is 0 Å². The molecule has 2 unspecified atom stereocenters. The number of amides is 1. The highest BCUT2D eigenvalue weighted by atomic mass is 35.5. The Labute approximate surface area is 207 Å². The number of nitrogens with one attached hydrogen (secondary N) is 2. The number of halogens is 1. The second-order valence-corrected chi connectivity index (χ2v) is 10.5. The quantitative estimate of drug-likeness (QED) is 0.403. The number of benzene rings is 2. The van der Waals surface area contributed by atoms with Crippen LogP contribution in [0.2, 0.25) is 5.02 Å². The van der Waals surface area contributed by atoms with E-state index < -0.39 is 0 Å². The summed E-state index contributed by atoms with van der Waals surface area (Å²) in [6.07, 6.45) is 3.53. The van der Waals surface area contributed by atoms with E-state index in [1.54, 1.807) is 0 Å². The van der Waals surface area contributed by atoms with Crippen molar-refractivity contribution in [3.8, 4) is 0 Å². The molecule has 0 fully saturated rings. The van der Waals surface area contributed by atoms with Crippen LogP contribution in [0.4, 0.5) is 5.82 Å². The van der Waals surface area contributed by atoms with E-state index in [-0.39, 0.29) is 23.5 Å². The SMILES string of the molecule is CCC(CCc1ccc(C)cc1)NC(=O)c1c(C)nn2c1NC(c1ccccc1Cl)CC2(C)C. The third kappa shape index (κ3) is 5.00. The minimum atomic E-state index is -0.261. The van der Waals surface area contributed by atoms with Crippen molar-refractivity contribution in [3.63, 3.8) is 0 Å². The molecule has 1 aromatic heterocycles. The minimum Gasteiger partial charge on any atom is -0.363 e. The first-order chi connectivity index (χ1) is 16.2. The van der Waals surface area contributed by atoms with Gasteiger partial charge < -0.3 is 10.6 Å². The lowest BCUT2D eigenvalue weighted by Gasteiger charge is -2.38. The van der Waals surface area contributed by atoms with Crippen molar-refractivity contribution in [1.82, 2.24) is 15.1 Å². The van der Waals surface area contributed by atoms with Gasteiger partial charge in [-0.25, -0.2) is 4.68 Å². The molecule has 2 atom stereocenters. The van der Waals surface area contributed by atoms with E-state index in [0.717, 1.165) is 47.8 Å². The van der Waals surface area contributed by atoms with Gasteiger partial charge in [0.05, 0.1) is 17.3 Å². The molecular weight excluding hydrogens is 444 g/mol. The second-order valence-electron chi connectivity index (χ2n) is 10.1. The van der Waals surface area contributed by atoms with E-state index in [9.17, 15) is 4.79 Å². The summed E-state index contributed by atoms with van der Waals surface area (Å²) in [5, 5.41) is 12.4. The second kappa shape index (κ2) is 9.83. The van der Waals surface area contributed by atoms with Gasteiger partial charge in [0.2, 0.25) is 0 Å². The largest absolute Gasteiger partial charge is 0.363 e.